The number of nitrogens with one attached hydrogen (secondary N) is 1. The molecule has 0 radical (unpaired) electrons. The maximum atomic E-state index is 8.47. The molecule has 82 valence electrons. The summed E-state index contributed by atoms with van der Waals surface area (Å²) in [7, 11) is 0. The lowest BCUT2D eigenvalue weighted by atomic mass is 10.3. The Morgan fingerprint density at radius 3 is 2.71 bits per heavy atom. The Labute approximate surface area is 98.0 Å². The van der Waals surface area contributed by atoms with E-state index < -0.39 is 0 Å². The molecule has 0 bridgehead atoms. The van der Waals surface area contributed by atoms with Gasteiger partial charge in [0.05, 0.1) is 5.69 Å². The number of hydrogen-bond acceptors (Lipinski definition) is 6. The van der Waals surface area contributed by atoms with Crippen LogP contribution in [0.5, 0.6) is 5.75 Å². The van der Waals surface area contributed by atoms with E-state index in [0.717, 1.165) is 0 Å². The minimum Gasteiger partial charge on any atom is -0.479 e. The van der Waals surface area contributed by atoms with Gasteiger partial charge in [-0.15, -0.1) is 0 Å². The van der Waals surface area contributed by atoms with Crippen molar-refractivity contribution >= 4 is 11.4 Å². The van der Waals surface area contributed by atoms with E-state index in [1.807, 2.05) is 6.07 Å². The molecule has 0 aliphatic heterocycles. The lowest BCUT2D eigenvalue weighted by Gasteiger charge is -2.04. The number of hydrogen-bond donors (Lipinski definition) is 1. The van der Waals surface area contributed by atoms with Crippen LogP contribution in [0, 0.1) is 34.0 Å². The van der Waals surface area contributed by atoms with E-state index in [9.17, 15) is 0 Å². The smallest absolute Gasteiger partial charge is 0.237 e. The monoisotopic (exact) mass is 225 g/mol. The summed E-state index contributed by atoms with van der Waals surface area (Å²) in [4.78, 5) is 0. The molecule has 6 nitrogen and oxygen atoms in total. The zero-order valence-electron chi connectivity index (χ0n) is 8.71. The fourth-order valence-corrected chi connectivity index (χ4v) is 0.966. The van der Waals surface area contributed by atoms with Crippen LogP contribution in [0.3, 0.4) is 0 Å². The second kappa shape index (κ2) is 6.44. The van der Waals surface area contributed by atoms with Gasteiger partial charge in [0.15, 0.2) is 6.61 Å². The minimum absolute atomic E-state index is 0.0473. The third-order valence-electron chi connectivity index (χ3n) is 1.65. The standard InChI is InChI=1S/C11H7N5O/c12-4-5-17-11-3-1-2-9(6-11)15-16-10(7-13)8-14/h1-3,6,15H,5H2. The normalized spacial score (nSPS) is 8.06. The van der Waals surface area contributed by atoms with Crippen molar-refractivity contribution in [1.29, 1.82) is 15.8 Å². The Bertz CT molecular complexity index is 528. The summed E-state index contributed by atoms with van der Waals surface area (Å²) in [6, 6.07) is 11.8. The van der Waals surface area contributed by atoms with E-state index in [4.69, 9.17) is 20.5 Å². The average Bonchev–Trinajstić information content (AvgIpc) is 2.38. The number of nitriles is 3. The molecule has 0 aliphatic carbocycles. The first-order chi connectivity index (χ1) is 8.30. The quantitative estimate of drug-likeness (QED) is 0.615. The van der Waals surface area contributed by atoms with Crippen LogP contribution in [0.25, 0.3) is 0 Å². The maximum absolute atomic E-state index is 8.47. The topological polar surface area (TPSA) is 105 Å². The highest BCUT2D eigenvalue weighted by Gasteiger charge is 1.97. The summed E-state index contributed by atoms with van der Waals surface area (Å²) in [5.41, 5.74) is 2.83. The van der Waals surface area contributed by atoms with Gasteiger partial charge in [-0.1, -0.05) is 6.07 Å². The molecule has 0 amide bonds. The molecule has 0 fully saturated rings. The first-order valence-corrected chi connectivity index (χ1v) is 4.54. The summed E-state index contributed by atoms with van der Waals surface area (Å²) < 4.78 is 5.08. The second-order valence-electron chi connectivity index (χ2n) is 2.77. The molecule has 0 atom stereocenters. The van der Waals surface area contributed by atoms with E-state index in [-0.39, 0.29) is 12.3 Å². The molecular weight excluding hydrogens is 218 g/mol. The number of ether oxygens (including phenoxy) is 1. The van der Waals surface area contributed by atoms with Gasteiger partial charge in [-0.3, -0.25) is 5.43 Å². The Morgan fingerprint density at radius 2 is 2.06 bits per heavy atom. The Hall–Kier alpha value is -3.04. The molecule has 6 heteroatoms. The summed E-state index contributed by atoms with van der Waals surface area (Å²) >= 11 is 0. The van der Waals surface area contributed by atoms with Crippen molar-refractivity contribution in [2.24, 2.45) is 5.10 Å². The SMILES string of the molecule is N#CCOc1cccc(NN=C(C#N)C#N)c1. The van der Waals surface area contributed by atoms with Gasteiger partial charge < -0.3 is 4.74 Å². The molecule has 0 saturated carbocycles. The highest BCUT2D eigenvalue weighted by Crippen LogP contribution is 2.17. The van der Waals surface area contributed by atoms with Gasteiger partial charge in [-0.2, -0.15) is 20.9 Å². The molecule has 0 saturated heterocycles. The lowest BCUT2D eigenvalue weighted by molar-refractivity contribution is 0.368. The minimum atomic E-state index is -0.270. The van der Waals surface area contributed by atoms with Crippen molar-refractivity contribution in [1.82, 2.24) is 0 Å². The zero-order chi connectivity index (χ0) is 12.5. The van der Waals surface area contributed by atoms with Gasteiger partial charge in [0.1, 0.15) is 24.0 Å². The van der Waals surface area contributed by atoms with Crippen molar-refractivity contribution in [3.05, 3.63) is 24.3 Å². The molecule has 1 N–H and O–H groups in total. The van der Waals surface area contributed by atoms with Gasteiger partial charge >= 0.3 is 0 Å². The second-order valence-corrected chi connectivity index (χ2v) is 2.77. The first-order valence-electron chi connectivity index (χ1n) is 4.54. The molecule has 0 aliphatic rings. The number of hydrazone groups is 1. The zero-order valence-corrected chi connectivity index (χ0v) is 8.71. The Morgan fingerprint density at radius 1 is 1.29 bits per heavy atom. The molecule has 0 unspecified atom stereocenters. The number of benzene rings is 1. The van der Waals surface area contributed by atoms with Gasteiger partial charge in [0, 0.05) is 6.07 Å². The van der Waals surface area contributed by atoms with E-state index in [2.05, 4.69) is 10.5 Å². The van der Waals surface area contributed by atoms with Gasteiger partial charge in [0.25, 0.3) is 0 Å². The van der Waals surface area contributed by atoms with Crippen LogP contribution in [0.4, 0.5) is 5.69 Å². The van der Waals surface area contributed by atoms with Crippen molar-refractivity contribution < 1.29 is 4.74 Å². The Balaban J connectivity index is 2.74. The van der Waals surface area contributed by atoms with Crippen LogP contribution in [0.15, 0.2) is 29.4 Å². The average molecular weight is 225 g/mol. The number of rotatable bonds is 4. The maximum Gasteiger partial charge on any atom is 0.237 e. The lowest BCUT2D eigenvalue weighted by Crippen LogP contribution is -1.97. The highest BCUT2D eigenvalue weighted by atomic mass is 16.5. The molecule has 1 aromatic carbocycles. The number of nitrogens with zero attached hydrogens (tertiary/aromatic N) is 4. The largest absolute Gasteiger partial charge is 0.479 e. The van der Waals surface area contributed by atoms with E-state index in [1.165, 1.54) is 0 Å². The molecule has 0 aromatic heterocycles. The van der Waals surface area contributed by atoms with E-state index >= 15 is 0 Å². The van der Waals surface area contributed by atoms with E-state index in [0.29, 0.717) is 11.4 Å². The highest BCUT2D eigenvalue weighted by molar-refractivity contribution is 6.10. The van der Waals surface area contributed by atoms with Gasteiger partial charge in [-0.05, 0) is 12.1 Å². The van der Waals surface area contributed by atoms with Crippen molar-refractivity contribution in [2.45, 2.75) is 0 Å². The Kier molecular flexibility index (Phi) is 4.56. The summed E-state index contributed by atoms with van der Waals surface area (Å²) in [6.07, 6.45) is 0. The van der Waals surface area contributed by atoms with Crippen LogP contribution < -0.4 is 10.2 Å². The van der Waals surface area contributed by atoms with Crippen LogP contribution in [0.1, 0.15) is 0 Å². The summed E-state index contributed by atoms with van der Waals surface area (Å²) in [5, 5.41) is 28.9. The van der Waals surface area contributed by atoms with Crippen molar-refractivity contribution in [3.63, 3.8) is 0 Å². The van der Waals surface area contributed by atoms with Crippen LogP contribution in [-0.4, -0.2) is 12.3 Å². The molecule has 1 aromatic rings. The van der Waals surface area contributed by atoms with Crippen LogP contribution in [-0.2, 0) is 0 Å². The fraction of sp³-hybridized carbons (Fsp3) is 0.0909. The molecule has 0 heterocycles. The molecule has 17 heavy (non-hydrogen) atoms. The summed E-state index contributed by atoms with van der Waals surface area (Å²) in [5.74, 6) is 0.502. The fourth-order valence-electron chi connectivity index (χ4n) is 0.966. The van der Waals surface area contributed by atoms with Gasteiger partial charge in [0.2, 0.25) is 5.71 Å². The molecule has 0 spiro atoms. The van der Waals surface area contributed by atoms with Crippen LogP contribution in [0.2, 0.25) is 0 Å². The van der Waals surface area contributed by atoms with Crippen LogP contribution >= 0.6 is 0 Å². The number of anilines is 1. The van der Waals surface area contributed by atoms with Crippen molar-refractivity contribution in [2.75, 3.05) is 12.0 Å². The van der Waals surface area contributed by atoms with Gasteiger partial charge in [-0.25, -0.2) is 0 Å². The summed E-state index contributed by atoms with van der Waals surface area (Å²) in [6.45, 7) is -0.0473. The van der Waals surface area contributed by atoms with E-state index in [1.54, 1.807) is 36.4 Å². The third kappa shape index (κ3) is 3.91. The molecular formula is C11H7N5O. The first kappa shape index (κ1) is 12.0. The third-order valence-corrected chi connectivity index (χ3v) is 1.65. The van der Waals surface area contributed by atoms with Crippen molar-refractivity contribution in [3.8, 4) is 24.0 Å². The predicted molar refractivity (Wildman–Crippen MR) is 59.8 cm³/mol. The molecule has 1 rings (SSSR count). The predicted octanol–water partition coefficient (Wildman–Crippen LogP) is 1.40.